The van der Waals surface area contributed by atoms with Gasteiger partial charge in [-0.1, -0.05) is 35.9 Å². The fraction of sp³-hybridized carbons (Fsp3) is 0.167. The number of anilines is 1. The first-order valence-corrected chi connectivity index (χ1v) is 11.3. The second-order valence-electron chi connectivity index (χ2n) is 7.25. The largest absolute Gasteiger partial charge is 0.462 e. The summed E-state index contributed by atoms with van der Waals surface area (Å²) in [6, 6.07) is 13.4. The summed E-state index contributed by atoms with van der Waals surface area (Å²) in [5.41, 5.74) is 2.12. The summed E-state index contributed by atoms with van der Waals surface area (Å²) in [7, 11) is 0. The molecule has 0 atom stereocenters. The lowest BCUT2D eigenvalue weighted by atomic mass is 10.0. The highest BCUT2D eigenvalue weighted by Crippen LogP contribution is 2.40. The maximum Gasteiger partial charge on any atom is 0.341 e. The first kappa shape index (κ1) is 22.7. The summed E-state index contributed by atoms with van der Waals surface area (Å²) in [5, 5.41) is 3.54. The Morgan fingerprint density at radius 1 is 1.03 bits per heavy atom. The first-order valence-electron chi connectivity index (χ1n) is 10.1. The number of halogens is 1. The zero-order valence-electron chi connectivity index (χ0n) is 17.8. The first-order chi connectivity index (χ1) is 15.8. The van der Waals surface area contributed by atoms with Crippen LogP contribution in [0.25, 0.3) is 11.1 Å². The number of hydrogen-bond donors (Lipinski definition) is 1. The average Bonchev–Trinajstić information content (AvgIpc) is 3.23. The van der Waals surface area contributed by atoms with Gasteiger partial charge >= 0.3 is 5.97 Å². The Morgan fingerprint density at radius 2 is 1.64 bits per heavy atom. The van der Waals surface area contributed by atoms with Crippen molar-refractivity contribution in [1.29, 1.82) is 0 Å². The van der Waals surface area contributed by atoms with Gasteiger partial charge in [-0.3, -0.25) is 19.3 Å². The minimum absolute atomic E-state index is 0.163. The second-order valence-corrected chi connectivity index (χ2v) is 8.92. The Balaban J connectivity index is 1.63. The van der Waals surface area contributed by atoms with Crippen LogP contribution in [0.5, 0.6) is 0 Å². The lowest BCUT2D eigenvalue weighted by Gasteiger charge is -2.14. The van der Waals surface area contributed by atoms with Crippen LogP contribution < -0.4 is 5.32 Å². The monoisotopic (exact) mass is 482 g/mol. The van der Waals surface area contributed by atoms with Gasteiger partial charge in [0.2, 0.25) is 5.91 Å². The third-order valence-electron chi connectivity index (χ3n) is 5.13. The van der Waals surface area contributed by atoms with Gasteiger partial charge in [0.1, 0.15) is 17.1 Å². The molecule has 168 valence electrons. The summed E-state index contributed by atoms with van der Waals surface area (Å²) >= 11 is 7.21. The minimum atomic E-state index is -0.598. The number of benzene rings is 2. The number of ether oxygens (including phenoxy) is 1. The third-order valence-corrected chi connectivity index (χ3v) is 6.40. The number of thiophene rings is 1. The quantitative estimate of drug-likeness (QED) is 0.403. The molecule has 0 unspecified atom stereocenters. The van der Waals surface area contributed by atoms with E-state index in [4.69, 9.17) is 16.3 Å². The highest BCUT2D eigenvalue weighted by atomic mass is 35.5. The Labute approximate surface area is 198 Å². The summed E-state index contributed by atoms with van der Waals surface area (Å²) in [5.74, 6) is -2.23. The van der Waals surface area contributed by atoms with Gasteiger partial charge in [-0.2, -0.15) is 0 Å². The Kier molecular flexibility index (Phi) is 6.31. The molecule has 9 heteroatoms. The number of carbonyl (C=O) groups is 4. The van der Waals surface area contributed by atoms with E-state index in [1.54, 1.807) is 55.5 Å². The number of carbonyl (C=O) groups excluding carboxylic acids is 4. The highest BCUT2D eigenvalue weighted by Gasteiger charge is 2.36. The number of imide groups is 1. The molecule has 0 bridgehead atoms. The smallest absolute Gasteiger partial charge is 0.341 e. The molecular formula is C24H19ClN2O5S. The van der Waals surface area contributed by atoms with Gasteiger partial charge in [-0.15, -0.1) is 11.3 Å². The molecule has 0 fully saturated rings. The fourth-order valence-electron chi connectivity index (χ4n) is 3.69. The maximum atomic E-state index is 12.8. The molecule has 1 aromatic heterocycles. The van der Waals surface area contributed by atoms with Gasteiger partial charge in [0.15, 0.2) is 0 Å². The van der Waals surface area contributed by atoms with E-state index in [0.717, 1.165) is 15.3 Å². The van der Waals surface area contributed by atoms with Crippen molar-refractivity contribution in [3.05, 3.63) is 75.1 Å². The van der Waals surface area contributed by atoms with Gasteiger partial charge in [0.25, 0.3) is 11.8 Å². The van der Waals surface area contributed by atoms with Crippen molar-refractivity contribution < 1.29 is 23.9 Å². The Hall–Kier alpha value is -3.49. The molecular weight excluding hydrogens is 464 g/mol. The molecule has 3 amide bonds. The van der Waals surface area contributed by atoms with E-state index in [1.807, 2.05) is 6.92 Å². The Bertz CT molecular complexity index is 1250. The predicted molar refractivity (Wildman–Crippen MR) is 126 cm³/mol. The SMILES string of the molecule is CCOC(=O)c1c(NC(=O)CN2C(=O)c3ccccc3C2=O)sc(C)c1-c1ccc(Cl)cc1. The Morgan fingerprint density at radius 3 is 2.21 bits per heavy atom. The molecule has 0 aliphatic carbocycles. The minimum Gasteiger partial charge on any atom is -0.462 e. The van der Waals surface area contributed by atoms with Crippen LogP contribution in [0.2, 0.25) is 5.02 Å². The fourth-order valence-corrected chi connectivity index (χ4v) is 4.89. The van der Waals surface area contributed by atoms with Gasteiger partial charge in [0, 0.05) is 15.5 Å². The van der Waals surface area contributed by atoms with Crippen molar-refractivity contribution in [3.8, 4) is 11.1 Å². The zero-order chi connectivity index (χ0) is 23.7. The van der Waals surface area contributed by atoms with E-state index >= 15 is 0 Å². The number of rotatable bonds is 6. The van der Waals surface area contributed by atoms with Crippen LogP contribution in [-0.2, 0) is 9.53 Å². The number of fused-ring (bicyclic) bond motifs is 1. The number of amides is 3. The molecule has 0 saturated carbocycles. The molecule has 0 radical (unpaired) electrons. The number of aryl methyl sites for hydroxylation is 1. The standard InChI is InChI=1S/C24H19ClN2O5S/c1-3-32-24(31)20-19(14-8-10-15(25)11-9-14)13(2)33-21(20)26-18(28)12-27-22(29)16-6-4-5-7-17(16)23(27)30/h4-11H,3,12H2,1-2H3,(H,26,28). The molecule has 4 rings (SSSR count). The van der Waals surface area contributed by atoms with E-state index < -0.39 is 30.2 Å². The molecule has 2 aromatic carbocycles. The molecule has 33 heavy (non-hydrogen) atoms. The molecule has 3 aromatic rings. The maximum absolute atomic E-state index is 12.8. The zero-order valence-corrected chi connectivity index (χ0v) is 19.4. The van der Waals surface area contributed by atoms with Crippen LogP contribution in [0.1, 0.15) is 42.9 Å². The number of nitrogens with zero attached hydrogens (tertiary/aromatic N) is 1. The third kappa shape index (κ3) is 4.27. The van der Waals surface area contributed by atoms with Crippen molar-refractivity contribution in [2.75, 3.05) is 18.5 Å². The lowest BCUT2D eigenvalue weighted by molar-refractivity contribution is -0.116. The molecule has 0 spiro atoms. The van der Waals surface area contributed by atoms with Crippen LogP contribution in [0, 0.1) is 6.92 Å². The van der Waals surface area contributed by atoms with Crippen molar-refractivity contribution in [2.24, 2.45) is 0 Å². The van der Waals surface area contributed by atoms with Gasteiger partial charge < -0.3 is 10.1 Å². The molecule has 7 nitrogen and oxygen atoms in total. The molecule has 0 saturated heterocycles. The van der Waals surface area contributed by atoms with Crippen LogP contribution in [0.3, 0.4) is 0 Å². The van der Waals surface area contributed by atoms with Gasteiger partial charge in [0.05, 0.1) is 17.7 Å². The molecule has 1 aliphatic rings. The molecule has 1 N–H and O–H groups in total. The normalized spacial score (nSPS) is 12.6. The van der Waals surface area contributed by atoms with E-state index in [2.05, 4.69) is 5.32 Å². The van der Waals surface area contributed by atoms with Crippen molar-refractivity contribution in [1.82, 2.24) is 4.90 Å². The van der Waals surface area contributed by atoms with E-state index in [-0.39, 0.29) is 28.3 Å². The van der Waals surface area contributed by atoms with Gasteiger partial charge in [-0.25, -0.2) is 4.79 Å². The van der Waals surface area contributed by atoms with Gasteiger partial charge in [-0.05, 0) is 43.7 Å². The number of nitrogens with one attached hydrogen (secondary N) is 1. The van der Waals surface area contributed by atoms with E-state index in [1.165, 1.54) is 11.3 Å². The van der Waals surface area contributed by atoms with Crippen LogP contribution in [-0.4, -0.2) is 41.7 Å². The number of esters is 1. The summed E-state index contributed by atoms with van der Waals surface area (Å²) in [4.78, 5) is 52.5. The van der Waals surface area contributed by atoms with Crippen molar-refractivity contribution in [2.45, 2.75) is 13.8 Å². The second kappa shape index (κ2) is 9.17. The van der Waals surface area contributed by atoms with Crippen molar-refractivity contribution in [3.63, 3.8) is 0 Å². The highest BCUT2D eigenvalue weighted by molar-refractivity contribution is 7.17. The summed E-state index contributed by atoms with van der Waals surface area (Å²) < 4.78 is 5.23. The van der Waals surface area contributed by atoms with Crippen LogP contribution >= 0.6 is 22.9 Å². The number of hydrogen-bond acceptors (Lipinski definition) is 6. The predicted octanol–water partition coefficient (Wildman–Crippen LogP) is 4.79. The van der Waals surface area contributed by atoms with E-state index in [0.29, 0.717) is 10.6 Å². The summed E-state index contributed by atoms with van der Waals surface area (Å²) in [6.45, 7) is 3.22. The lowest BCUT2D eigenvalue weighted by Crippen LogP contribution is -2.37. The molecule has 1 aliphatic heterocycles. The molecule has 2 heterocycles. The topological polar surface area (TPSA) is 92.8 Å². The van der Waals surface area contributed by atoms with Crippen LogP contribution in [0.15, 0.2) is 48.5 Å². The average molecular weight is 483 g/mol. The summed E-state index contributed by atoms with van der Waals surface area (Å²) in [6.07, 6.45) is 0. The van der Waals surface area contributed by atoms with Crippen molar-refractivity contribution >= 4 is 51.6 Å². The van der Waals surface area contributed by atoms with E-state index in [9.17, 15) is 19.2 Å². The van der Waals surface area contributed by atoms with Crippen LogP contribution in [0.4, 0.5) is 5.00 Å².